The number of aromatic nitrogens is 1. The van der Waals surface area contributed by atoms with Gasteiger partial charge in [-0.3, -0.25) is 0 Å². The number of allylic oxidation sites excluding steroid dienone is 1. The Morgan fingerprint density at radius 2 is 2.16 bits per heavy atom. The number of para-hydroxylation sites is 1. The van der Waals surface area contributed by atoms with Crippen molar-refractivity contribution in [2.45, 2.75) is 18.9 Å². The second-order valence-electron chi connectivity index (χ2n) is 4.55. The summed E-state index contributed by atoms with van der Waals surface area (Å²) in [7, 11) is 0. The van der Waals surface area contributed by atoms with Gasteiger partial charge < -0.3 is 9.84 Å². The van der Waals surface area contributed by atoms with Crippen LogP contribution >= 0.6 is 15.9 Å². The number of nitrogens with zero attached hydrogens (tertiary/aromatic N) is 1. The second kappa shape index (κ2) is 5.31. The number of hydrogen-bond acceptors (Lipinski definition) is 3. The standard InChI is InChI=1S/C15H14BrNO2/c16-11-9-10-5-1-2-6-12(10)17-14(11)15(18)13-7-3-4-8-19-13/h1-2,5-7,9,15,18H,3-4,8H2. The molecule has 19 heavy (non-hydrogen) atoms. The third kappa shape index (κ3) is 2.51. The predicted octanol–water partition coefficient (Wildman–Crippen LogP) is 3.73. The number of fused-ring (bicyclic) bond motifs is 1. The normalized spacial score (nSPS) is 16.8. The summed E-state index contributed by atoms with van der Waals surface area (Å²) in [5.74, 6) is 0.606. The van der Waals surface area contributed by atoms with Gasteiger partial charge in [0.05, 0.1) is 17.8 Å². The van der Waals surface area contributed by atoms with Gasteiger partial charge in [0, 0.05) is 9.86 Å². The first-order valence-electron chi connectivity index (χ1n) is 6.32. The minimum absolute atomic E-state index is 0.604. The first-order valence-corrected chi connectivity index (χ1v) is 7.11. The van der Waals surface area contributed by atoms with Crippen LogP contribution in [0, 0.1) is 0 Å². The molecule has 3 nitrogen and oxygen atoms in total. The molecule has 0 saturated heterocycles. The average Bonchev–Trinajstić information content (AvgIpc) is 2.47. The topological polar surface area (TPSA) is 42.4 Å². The van der Waals surface area contributed by atoms with E-state index in [9.17, 15) is 5.11 Å². The summed E-state index contributed by atoms with van der Waals surface area (Å²) in [6.07, 6.45) is 3.08. The van der Waals surface area contributed by atoms with Gasteiger partial charge in [0.15, 0.2) is 6.10 Å². The quantitative estimate of drug-likeness (QED) is 0.917. The number of aliphatic hydroxyl groups excluding tert-OH is 1. The summed E-state index contributed by atoms with van der Waals surface area (Å²) in [4.78, 5) is 4.53. The summed E-state index contributed by atoms with van der Waals surface area (Å²) in [5, 5.41) is 11.4. The maximum atomic E-state index is 10.4. The van der Waals surface area contributed by atoms with Crippen LogP contribution in [0.3, 0.4) is 0 Å². The van der Waals surface area contributed by atoms with Crippen LogP contribution < -0.4 is 0 Å². The molecule has 0 bridgehead atoms. The zero-order chi connectivity index (χ0) is 13.2. The monoisotopic (exact) mass is 319 g/mol. The van der Waals surface area contributed by atoms with Crippen molar-refractivity contribution < 1.29 is 9.84 Å². The van der Waals surface area contributed by atoms with E-state index < -0.39 is 6.10 Å². The van der Waals surface area contributed by atoms with Crippen LogP contribution in [-0.4, -0.2) is 16.7 Å². The van der Waals surface area contributed by atoms with Gasteiger partial charge in [-0.05, 0) is 47.0 Å². The smallest absolute Gasteiger partial charge is 0.154 e. The Bertz CT molecular complexity index is 639. The third-order valence-electron chi connectivity index (χ3n) is 3.20. The lowest BCUT2D eigenvalue weighted by Gasteiger charge is -2.20. The molecular weight excluding hydrogens is 306 g/mol. The highest BCUT2D eigenvalue weighted by molar-refractivity contribution is 9.10. The first kappa shape index (κ1) is 12.6. The lowest BCUT2D eigenvalue weighted by atomic mass is 10.1. The zero-order valence-corrected chi connectivity index (χ0v) is 11.9. The van der Waals surface area contributed by atoms with Crippen molar-refractivity contribution in [2.75, 3.05) is 6.61 Å². The predicted molar refractivity (Wildman–Crippen MR) is 77.7 cm³/mol. The van der Waals surface area contributed by atoms with Crippen LogP contribution in [0.2, 0.25) is 0 Å². The molecule has 2 heterocycles. The fourth-order valence-corrected chi connectivity index (χ4v) is 2.75. The lowest BCUT2D eigenvalue weighted by molar-refractivity contribution is 0.0892. The van der Waals surface area contributed by atoms with Crippen LogP contribution in [0.15, 0.2) is 46.6 Å². The fourth-order valence-electron chi connectivity index (χ4n) is 2.20. The minimum atomic E-state index is -0.806. The molecule has 2 aromatic rings. The molecule has 1 aliphatic heterocycles. The number of halogens is 1. The van der Waals surface area contributed by atoms with E-state index >= 15 is 0 Å². The maximum absolute atomic E-state index is 10.4. The van der Waals surface area contributed by atoms with Gasteiger partial charge in [0.1, 0.15) is 5.76 Å². The van der Waals surface area contributed by atoms with E-state index in [4.69, 9.17) is 4.74 Å². The summed E-state index contributed by atoms with van der Waals surface area (Å²) in [6.45, 7) is 0.661. The molecule has 0 radical (unpaired) electrons. The van der Waals surface area contributed by atoms with Gasteiger partial charge >= 0.3 is 0 Å². The van der Waals surface area contributed by atoms with Crippen molar-refractivity contribution in [1.82, 2.24) is 4.98 Å². The van der Waals surface area contributed by atoms with Gasteiger partial charge in [-0.2, -0.15) is 0 Å². The SMILES string of the molecule is OC(C1=CCCCO1)c1nc2ccccc2cc1Br. The Morgan fingerprint density at radius 3 is 2.95 bits per heavy atom. The molecule has 1 aromatic carbocycles. The van der Waals surface area contributed by atoms with Crippen molar-refractivity contribution in [2.24, 2.45) is 0 Å². The summed E-state index contributed by atoms with van der Waals surface area (Å²) in [5.41, 5.74) is 1.48. The second-order valence-corrected chi connectivity index (χ2v) is 5.40. The molecule has 0 amide bonds. The van der Waals surface area contributed by atoms with E-state index in [-0.39, 0.29) is 0 Å². The van der Waals surface area contributed by atoms with Crippen molar-refractivity contribution in [3.05, 3.63) is 52.3 Å². The molecule has 0 aliphatic carbocycles. The molecule has 0 fully saturated rings. The third-order valence-corrected chi connectivity index (χ3v) is 3.83. The average molecular weight is 320 g/mol. The Kier molecular flexibility index (Phi) is 3.53. The van der Waals surface area contributed by atoms with E-state index in [0.717, 1.165) is 28.2 Å². The Morgan fingerprint density at radius 1 is 1.32 bits per heavy atom. The highest BCUT2D eigenvalue weighted by Crippen LogP contribution is 2.31. The van der Waals surface area contributed by atoms with Crippen LogP contribution in [0.4, 0.5) is 0 Å². The van der Waals surface area contributed by atoms with E-state index in [1.54, 1.807) is 0 Å². The molecule has 4 heteroatoms. The van der Waals surface area contributed by atoms with E-state index in [0.29, 0.717) is 18.1 Å². The lowest BCUT2D eigenvalue weighted by Crippen LogP contribution is -2.11. The molecule has 1 aliphatic rings. The van der Waals surface area contributed by atoms with Crippen molar-refractivity contribution in [3.8, 4) is 0 Å². The molecule has 1 unspecified atom stereocenters. The van der Waals surface area contributed by atoms with Gasteiger partial charge in [-0.1, -0.05) is 18.2 Å². The molecule has 3 rings (SSSR count). The molecular formula is C15H14BrNO2. The Balaban J connectivity index is 2.04. The Hall–Kier alpha value is -1.39. The van der Waals surface area contributed by atoms with Crippen LogP contribution in [0.5, 0.6) is 0 Å². The van der Waals surface area contributed by atoms with E-state index in [1.165, 1.54) is 0 Å². The molecule has 1 N–H and O–H groups in total. The summed E-state index contributed by atoms with van der Waals surface area (Å²) >= 11 is 3.48. The number of aliphatic hydroxyl groups is 1. The number of ether oxygens (including phenoxy) is 1. The van der Waals surface area contributed by atoms with E-state index in [2.05, 4.69) is 20.9 Å². The van der Waals surface area contributed by atoms with Gasteiger partial charge in [-0.25, -0.2) is 4.98 Å². The number of benzene rings is 1. The van der Waals surface area contributed by atoms with E-state index in [1.807, 2.05) is 36.4 Å². The molecule has 1 atom stereocenters. The zero-order valence-electron chi connectivity index (χ0n) is 10.3. The minimum Gasteiger partial charge on any atom is -0.495 e. The summed E-state index contributed by atoms with van der Waals surface area (Å²) in [6, 6.07) is 9.83. The number of rotatable bonds is 2. The molecule has 98 valence electrons. The highest BCUT2D eigenvalue weighted by atomic mass is 79.9. The number of hydrogen-bond donors (Lipinski definition) is 1. The number of pyridine rings is 1. The van der Waals surface area contributed by atoms with Crippen molar-refractivity contribution >= 4 is 26.8 Å². The fraction of sp³-hybridized carbons (Fsp3) is 0.267. The van der Waals surface area contributed by atoms with Gasteiger partial charge in [0.25, 0.3) is 0 Å². The molecule has 1 aromatic heterocycles. The maximum Gasteiger partial charge on any atom is 0.154 e. The van der Waals surface area contributed by atoms with Gasteiger partial charge in [-0.15, -0.1) is 0 Å². The molecule has 0 saturated carbocycles. The van der Waals surface area contributed by atoms with Crippen LogP contribution in [0.1, 0.15) is 24.6 Å². The summed E-state index contributed by atoms with van der Waals surface area (Å²) < 4.78 is 6.31. The van der Waals surface area contributed by atoms with Crippen molar-refractivity contribution in [1.29, 1.82) is 0 Å². The van der Waals surface area contributed by atoms with Gasteiger partial charge in [0.2, 0.25) is 0 Å². The largest absolute Gasteiger partial charge is 0.495 e. The van der Waals surface area contributed by atoms with Crippen molar-refractivity contribution in [3.63, 3.8) is 0 Å². The first-order chi connectivity index (χ1) is 9.25. The van der Waals surface area contributed by atoms with Crippen LogP contribution in [-0.2, 0) is 4.74 Å². The van der Waals surface area contributed by atoms with Crippen LogP contribution in [0.25, 0.3) is 10.9 Å². The Labute approximate surface area is 120 Å². The highest BCUT2D eigenvalue weighted by Gasteiger charge is 2.21. The molecule has 0 spiro atoms.